The van der Waals surface area contributed by atoms with Gasteiger partial charge < -0.3 is 5.32 Å². The summed E-state index contributed by atoms with van der Waals surface area (Å²) in [6, 6.07) is -1.78. The molecule has 0 aromatic rings. The Hall–Kier alpha value is -1.92. The van der Waals surface area contributed by atoms with E-state index in [0.717, 1.165) is 4.90 Å². The van der Waals surface area contributed by atoms with E-state index in [0.29, 0.717) is 6.54 Å². The maximum Gasteiger partial charge on any atom is 0.331 e. The molecule has 20 heavy (non-hydrogen) atoms. The quantitative estimate of drug-likeness (QED) is 0.707. The molecule has 2 N–H and O–H groups in total. The van der Waals surface area contributed by atoms with Crippen molar-refractivity contribution in [2.45, 2.75) is 40.2 Å². The fourth-order valence-corrected chi connectivity index (χ4v) is 1.93. The van der Waals surface area contributed by atoms with Crippen LogP contribution in [0.1, 0.15) is 34.1 Å². The van der Waals surface area contributed by atoms with Crippen LogP contribution in [0.4, 0.5) is 4.79 Å². The SMILES string of the molecule is CCC1C(=O)NC(=O)N(C(C)C(=O)NCC(C)C)C1=O. The summed E-state index contributed by atoms with van der Waals surface area (Å²) < 4.78 is 0. The van der Waals surface area contributed by atoms with E-state index >= 15 is 0 Å². The van der Waals surface area contributed by atoms with Crippen molar-refractivity contribution in [1.29, 1.82) is 0 Å². The first-order valence-electron chi connectivity index (χ1n) is 6.75. The number of hydrogen-bond acceptors (Lipinski definition) is 4. The second-order valence-corrected chi connectivity index (χ2v) is 5.28. The Kier molecular flexibility index (Phi) is 5.24. The Morgan fingerprint density at radius 3 is 2.40 bits per heavy atom. The summed E-state index contributed by atoms with van der Waals surface area (Å²) in [5, 5.41) is 4.78. The molecule has 1 aliphatic rings. The van der Waals surface area contributed by atoms with E-state index in [2.05, 4.69) is 10.6 Å². The summed E-state index contributed by atoms with van der Waals surface area (Å²) in [4.78, 5) is 48.2. The van der Waals surface area contributed by atoms with Gasteiger partial charge in [0, 0.05) is 6.54 Å². The molecule has 5 amide bonds. The molecule has 0 spiro atoms. The molecule has 7 nitrogen and oxygen atoms in total. The van der Waals surface area contributed by atoms with Gasteiger partial charge in [-0.3, -0.25) is 24.6 Å². The molecule has 2 unspecified atom stereocenters. The minimum Gasteiger partial charge on any atom is -0.354 e. The monoisotopic (exact) mass is 283 g/mol. The highest BCUT2D eigenvalue weighted by atomic mass is 16.2. The van der Waals surface area contributed by atoms with Crippen molar-refractivity contribution in [3.8, 4) is 0 Å². The Morgan fingerprint density at radius 2 is 1.90 bits per heavy atom. The molecular weight excluding hydrogens is 262 g/mol. The molecule has 1 aliphatic heterocycles. The van der Waals surface area contributed by atoms with Gasteiger partial charge in [-0.05, 0) is 19.3 Å². The van der Waals surface area contributed by atoms with E-state index in [1.54, 1.807) is 6.92 Å². The number of carbonyl (C=O) groups excluding carboxylic acids is 4. The zero-order valence-corrected chi connectivity index (χ0v) is 12.2. The third kappa shape index (κ3) is 3.34. The summed E-state index contributed by atoms with van der Waals surface area (Å²) in [5.74, 6) is -2.27. The van der Waals surface area contributed by atoms with E-state index in [1.165, 1.54) is 6.92 Å². The number of imide groups is 2. The highest BCUT2D eigenvalue weighted by Crippen LogP contribution is 2.16. The van der Waals surface area contributed by atoms with Gasteiger partial charge in [-0.1, -0.05) is 20.8 Å². The number of hydrogen-bond donors (Lipinski definition) is 2. The van der Waals surface area contributed by atoms with E-state index in [-0.39, 0.29) is 12.3 Å². The molecule has 0 bridgehead atoms. The van der Waals surface area contributed by atoms with Crippen LogP contribution >= 0.6 is 0 Å². The average Bonchev–Trinajstić information content (AvgIpc) is 2.35. The van der Waals surface area contributed by atoms with Crippen molar-refractivity contribution in [3.63, 3.8) is 0 Å². The lowest BCUT2D eigenvalue weighted by molar-refractivity contribution is -0.147. The number of rotatable bonds is 5. The van der Waals surface area contributed by atoms with Crippen LogP contribution in [-0.4, -0.2) is 41.2 Å². The molecule has 2 atom stereocenters. The topological polar surface area (TPSA) is 95.6 Å². The molecule has 0 radical (unpaired) electrons. The van der Waals surface area contributed by atoms with E-state index in [1.807, 2.05) is 13.8 Å². The first kappa shape index (κ1) is 16.1. The zero-order chi connectivity index (χ0) is 15.4. The highest BCUT2D eigenvalue weighted by molar-refractivity contribution is 6.17. The lowest BCUT2D eigenvalue weighted by atomic mass is 10.0. The van der Waals surface area contributed by atoms with Crippen molar-refractivity contribution < 1.29 is 19.2 Å². The third-order valence-corrected chi connectivity index (χ3v) is 3.16. The summed E-state index contributed by atoms with van der Waals surface area (Å²) >= 11 is 0. The summed E-state index contributed by atoms with van der Waals surface area (Å²) in [6.45, 7) is 7.49. The number of amides is 5. The third-order valence-electron chi connectivity index (χ3n) is 3.16. The van der Waals surface area contributed by atoms with Gasteiger partial charge in [-0.2, -0.15) is 0 Å². The molecular formula is C13H21N3O4. The lowest BCUT2D eigenvalue weighted by Crippen LogP contribution is -2.62. The molecule has 1 heterocycles. The van der Waals surface area contributed by atoms with Crippen molar-refractivity contribution in [2.75, 3.05) is 6.54 Å². The van der Waals surface area contributed by atoms with E-state index in [4.69, 9.17) is 0 Å². The minimum atomic E-state index is -0.941. The Labute approximate surface area is 118 Å². The molecule has 1 rings (SSSR count). The van der Waals surface area contributed by atoms with E-state index < -0.39 is 35.7 Å². The standard InChI is InChI=1S/C13H21N3O4/c1-5-9-11(18)15-13(20)16(12(9)19)8(4)10(17)14-6-7(2)3/h7-9H,5-6H2,1-4H3,(H,14,17)(H,15,18,20). The van der Waals surface area contributed by atoms with Gasteiger partial charge >= 0.3 is 6.03 Å². The second kappa shape index (κ2) is 6.49. The summed E-state index contributed by atoms with van der Waals surface area (Å²) in [5.41, 5.74) is 0. The highest BCUT2D eigenvalue weighted by Gasteiger charge is 2.43. The van der Waals surface area contributed by atoms with Gasteiger partial charge in [0.05, 0.1) is 0 Å². The van der Waals surface area contributed by atoms with Gasteiger partial charge in [-0.25, -0.2) is 4.79 Å². The number of barbiturate groups is 1. The second-order valence-electron chi connectivity index (χ2n) is 5.28. The van der Waals surface area contributed by atoms with Crippen LogP contribution < -0.4 is 10.6 Å². The number of carbonyl (C=O) groups is 4. The largest absolute Gasteiger partial charge is 0.354 e. The molecule has 0 aromatic carbocycles. The van der Waals surface area contributed by atoms with Crippen molar-refractivity contribution in [2.24, 2.45) is 11.8 Å². The zero-order valence-electron chi connectivity index (χ0n) is 12.2. The predicted molar refractivity (Wildman–Crippen MR) is 71.5 cm³/mol. The minimum absolute atomic E-state index is 0.266. The average molecular weight is 283 g/mol. The van der Waals surface area contributed by atoms with Crippen LogP contribution in [0.3, 0.4) is 0 Å². The van der Waals surface area contributed by atoms with Gasteiger partial charge in [0.2, 0.25) is 17.7 Å². The van der Waals surface area contributed by atoms with Crippen LogP contribution in [0, 0.1) is 11.8 Å². The molecule has 7 heteroatoms. The molecule has 0 aliphatic carbocycles. The molecule has 1 saturated heterocycles. The predicted octanol–water partition coefficient (Wildman–Crippen LogP) is 0.252. The Bertz CT molecular complexity index is 433. The molecule has 112 valence electrons. The Morgan fingerprint density at radius 1 is 1.30 bits per heavy atom. The van der Waals surface area contributed by atoms with Crippen molar-refractivity contribution in [1.82, 2.24) is 15.5 Å². The summed E-state index contributed by atoms with van der Waals surface area (Å²) in [6.07, 6.45) is 0.286. The van der Waals surface area contributed by atoms with E-state index in [9.17, 15) is 19.2 Å². The van der Waals surface area contributed by atoms with Crippen LogP contribution in [0.2, 0.25) is 0 Å². The van der Waals surface area contributed by atoms with Crippen LogP contribution in [0.5, 0.6) is 0 Å². The van der Waals surface area contributed by atoms with Crippen LogP contribution in [0.25, 0.3) is 0 Å². The number of urea groups is 1. The maximum absolute atomic E-state index is 12.1. The Balaban J connectivity index is 2.82. The number of nitrogens with one attached hydrogen (secondary N) is 2. The first-order chi connectivity index (χ1) is 9.29. The maximum atomic E-state index is 12.1. The van der Waals surface area contributed by atoms with Gasteiger partial charge in [0.1, 0.15) is 12.0 Å². The fraction of sp³-hybridized carbons (Fsp3) is 0.692. The van der Waals surface area contributed by atoms with Crippen LogP contribution in [0.15, 0.2) is 0 Å². The van der Waals surface area contributed by atoms with Gasteiger partial charge in [0.25, 0.3) is 0 Å². The summed E-state index contributed by atoms with van der Waals surface area (Å²) in [7, 11) is 0. The normalized spacial score (nSPS) is 20.9. The van der Waals surface area contributed by atoms with Crippen LogP contribution in [-0.2, 0) is 14.4 Å². The van der Waals surface area contributed by atoms with Crippen molar-refractivity contribution in [3.05, 3.63) is 0 Å². The van der Waals surface area contributed by atoms with Crippen molar-refractivity contribution >= 4 is 23.8 Å². The smallest absolute Gasteiger partial charge is 0.331 e. The molecule has 0 saturated carbocycles. The first-order valence-corrected chi connectivity index (χ1v) is 6.75. The lowest BCUT2D eigenvalue weighted by Gasteiger charge is -2.33. The van der Waals surface area contributed by atoms with Gasteiger partial charge in [0.15, 0.2) is 0 Å². The molecule has 1 fully saturated rings. The number of nitrogens with zero attached hydrogens (tertiary/aromatic N) is 1. The molecule has 0 aromatic heterocycles. The fourth-order valence-electron chi connectivity index (χ4n) is 1.93. The van der Waals surface area contributed by atoms with Gasteiger partial charge in [-0.15, -0.1) is 0 Å².